The molecule has 0 radical (unpaired) electrons. The van der Waals surface area contributed by atoms with Crippen molar-refractivity contribution in [3.8, 4) is 5.75 Å². The molecule has 1 fully saturated rings. The Balaban J connectivity index is 1.36. The molecule has 7 nitrogen and oxygen atoms in total. The molecule has 168 valence electrons. The monoisotopic (exact) mass is 445 g/mol. The van der Waals surface area contributed by atoms with Crippen LogP contribution in [0.4, 0.5) is 0 Å². The number of rotatable bonds is 10. The number of hydrogen-bond acceptors (Lipinski definition) is 6. The summed E-state index contributed by atoms with van der Waals surface area (Å²) in [5.74, 6) is 0.328. The van der Waals surface area contributed by atoms with E-state index in [1.54, 1.807) is 6.07 Å². The summed E-state index contributed by atoms with van der Waals surface area (Å²) in [6.07, 6.45) is 2.14. The van der Waals surface area contributed by atoms with Crippen LogP contribution in [0.2, 0.25) is 0 Å². The highest BCUT2D eigenvalue weighted by atomic mass is 32.1. The summed E-state index contributed by atoms with van der Waals surface area (Å²) in [5.41, 5.74) is 0.948. The lowest BCUT2D eigenvalue weighted by Crippen LogP contribution is -2.38. The van der Waals surface area contributed by atoms with Crippen LogP contribution in [0.5, 0.6) is 5.75 Å². The molecule has 0 unspecified atom stereocenters. The van der Waals surface area contributed by atoms with E-state index in [9.17, 15) is 9.59 Å². The van der Waals surface area contributed by atoms with Gasteiger partial charge in [-0.15, -0.1) is 11.3 Å². The van der Waals surface area contributed by atoms with Crippen LogP contribution in [0.25, 0.3) is 0 Å². The molecule has 1 aliphatic rings. The fourth-order valence-electron chi connectivity index (χ4n) is 3.43. The van der Waals surface area contributed by atoms with Gasteiger partial charge in [-0.2, -0.15) is 0 Å². The van der Waals surface area contributed by atoms with Crippen molar-refractivity contribution < 1.29 is 19.1 Å². The van der Waals surface area contributed by atoms with E-state index in [1.807, 2.05) is 37.3 Å². The average molecular weight is 446 g/mol. The molecule has 1 aromatic heterocycles. The van der Waals surface area contributed by atoms with E-state index in [0.29, 0.717) is 24.1 Å². The maximum atomic E-state index is 12.1. The molecule has 0 atom stereocenters. The quantitative estimate of drug-likeness (QED) is 0.588. The number of amides is 2. The molecule has 2 N–H and O–H groups in total. The second kappa shape index (κ2) is 11.8. The summed E-state index contributed by atoms with van der Waals surface area (Å²) in [4.78, 5) is 28.1. The minimum atomic E-state index is -0.231. The summed E-state index contributed by atoms with van der Waals surface area (Å²) in [7, 11) is 2.13. The van der Waals surface area contributed by atoms with Crippen LogP contribution >= 0.6 is 11.3 Å². The molecule has 0 saturated carbocycles. The van der Waals surface area contributed by atoms with E-state index < -0.39 is 0 Å². The van der Waals surface area contributed by atoms with E-state index in [4.69, 9.17) is 9.47 Å². The topological polar surface area (TPSA) is 79.9 Å². The fourth-order valence-corrected chi connectivity index (χ4v) is 4.21. The summed E-state index contributed by atoms with van der Waals surface area (Å²) in [6.45, 7) is 5.40. The molecular formula is C23H31N3O4S. The van der Waals surface area contributed by atoms with Crippen molar-refractivity contribution in [2.45, 2.75) is 32.4 Å². The lowest BCUT2D eigenvalue weighted by molar-refractivity contribution is -0.120. The number of benzene rings is 1. The van der Waals surface area contributed by atoms with Crippen molar-refractivity contribution in [2.24, 2.45) is 0 Å². The van der Waals surface area contributed by atoms with Gasteiger partial charge in [-0.05, 0) is 56.6 Å². The predicted molar refractivity (Wildman–Crippen MR) is 122 cm³/mol. The van der Waals surface area contributed by atoms with E-state index in [0.717, 1.165) is 48.8 Å². The normalized spacial score (nSPS) is 14.4. The molecule has 2 heterocycles. The molecule has 0 aliphatic carbocycles. The first-order valence-electron chi connectivity index (χ1n) is 10.6. The number of nitrogens with zero attached hydrogens (tertiary/aromatic N) is 1. The van der Waals surface area contributed by atoms with Gasteiger partial charge in [0.25, 0.3) is 5.91 Å². The van der Waals surface area contributed by atoms with E-state index in [-0.39, 0.29) is 18.4 Å². The van der Waals surface area contributed by atoms with Crippen molar-refractivity contribution in [3.05, 3.63) is 51.7 Å². The van der Waals surface area contributed by atoms with Crippen LogP contribution in [0.1, 0.15) is 33.0 Å². The third kappa shape index (κ3) is 7.65. The van der Waals surface area contributed by atoms with E-state index in [2.05, 4.69) is 22.6 Å². The molecule has 1 aliphatic heterocycles. The largest absolute Gasteiger partial charge is 0.492 e. The highest BCUT2D eigenvalue weighted by Gasteiger charge is 2.18. The van der Waals surface area contributed by atoms with Crippen molar-refractivity contribution in [2.75, 3.05) is 40.0 Å². The molecule has 1 aromatic carbocycles. The van der Waals surface area contributed by atoms with Gasteiger partial charge in [0.15, 0.2) is 0 Å². The zero-order valence-electron chi connectivity index (χ0n) is 18.2. The third-order valence-corrected chi connectivity index (χ3v) is 6.29. The summed E-state index contributed by atoms with van der Waals surface area (Å²) in [6, 6.07) is 11.9. The van der Waals surface area contributed by atoms with Crippen molar-refractivity contribution >= 4 is 23.2 Å². The molecule has 1 saturated heterocycles. The van der Waals surface area contributed by atoms with Gasteiger partial charge in [-0.1, -0.05) is 12.1 Å². The van der Waals surface area contributed by atoms with Gasteiger partial charge in [0.2, 0.25) is 5.91 Å². The van der Waals surface area contributed by atoms with Gasteiger partial charge in [0.05, 0.1) is 11.4 Å². The molecule has 0 bridgehead atoms. The number of thiophene rings is 1. The van der Waals surface area contributed by atoms with Crippen LogP contribution in [-0.2, 0) is 16.1 Å². The predicted octanol–water partition coefficient (Wildman–Crippen LogP) is 2.59. The highest BCUT2D eigenvalue weighted by molar-refractivity contribution is 7.13. The molecule has 3 rings (SSSR count). The highest BCUT2D eigenvalue weighted by Crippen LogP contribution is 2.16. The second-order valence-electron chi connectivity index (χ2n) is 7.69. The van der Waals surface area contributed by atoms with E-state index in [1.165, 1.54) is 11.3 Å². The lowest BCUT2D eigenvalue weighted by atomic mass is 10.1. The number of ether oxygens (including phenoxy) is 2. The smallest absolute Gasteiger partial charge is 0.261 e. The molecular weight excluding hydrogens is 414 g/mol. The number of likely N-dealkylation sites (N-methyl/N-ethyl adjacent to an activating group) is 1. The van der Waals surface area contributed by atoms with Crippen LogP contribution in [0.3, 0.4) is 0 Å². The molecule has 2 amide bonds. The Hall–Kier alpha value is -2.42. The first-order chi connectivity index (χ1) is 15.0. The Bertz CT molecular complexity index is 864. The number of carbonyl (C=O) groups is 2. The minimum Gasteiger partial charge on any atom is -0.492 e. The van der Waals surface area contributed by atoms with Crippen LogP contribution in [0.15, 0.2) is 36.4 Å². The van der Waals surface area contributed by atoms with Crippen LogP contribution in [-0.4, -0.2) is 62.7 Å². The number of hydrogen-bond donors (Lipinski definition) is 2. The van der Waals surface area contributed by atoms with Gasteiger partial charge >= 0.3 is 0 Å². The van der Waals surface area contributed by atoms with Crippen molar-refractivity contribution in [1.29, 1.82) is 0 Å². The van der Waals surface area contributed by atoms with Crippen molar-refractivity contribution in [1.82, 2.24) is 15.5 Å². The standard InChI is InChI=1S/C23H31N3O4S/c1-17-6-7-21(31-17)23(28)25-16-22(27)24-15-18-4-3-5-20(14-18)30-13-10-26(2)19-8-11-29-12-9-19/h3-7,14,19H,8-13,15-16H2,1-2H3,(H,24,27)(H,25,28). The van der Waals surface area contributed by atoms with Crippen LogP contribution < -0.4 is 15.4 Å². The zero-order chi connectivity index (χ0) is 22.1. The van der Waals surface area contributed by atoms with Gasteiger partial charge < -0.3 is 20.1 Å². The Morgan fingerprint density at radius 3 is 2.74 bits per heavy atom. The van der Waals surface area contributed by atoms with Crippen molar-refractivity contribution in [3.63, 3.8) is 0 Å². The van der Waals surface area contributed by atoms with Gasteiger partial charge in [0, 0.05) is 37.2 Å². The van der Waals surface area contributed by atoms with Gasteiger partial charge in [0.1, 0.15) is 12.4 Å². The maximum absolute atomic E-state index is 12.1. The molecule has 8 heteroatoms. The minimum absolute atomic E-state index is 0.0511. The lowest BCUT2D eigenvalue weighted by Gasteiger charge is -2.31. The second-order valence-corrected chi connectivity index (χ2v) is 8.98. The Morgan fingerprint density at radius 1 is 1.19 bits per heavy atom. The van der Waals surface area contributed by atoms with E-state index >= 15 is 0 Å². The number of nitrogens with one attached hydrogen (secondary N) is 2. The summed E-state index contributed by atoms with van der Waals surface area (Å²) in [5, 5.41) is 5.48. The molecule has 31 heavy (non-hydrogen) atoms. The molecule has 2 aromatic rings. The first-order valence-corrected chi connectivity index (χ1v) is 11.4. The fraction of sp³-hybridized carbons (Fsp3) is 0.478. The Labute approximate surface area is 187 Å². The SMILES string of the molecule is Cc1ccc(C(=O)NCC(=O)NCc2cccc(OCCN(C)C3CCOCC3)c2)s1. The Morgan fingerprint density at radius 2 is 2.00 bits per heavy atom. The first kappa shape index (κ1) is 23.2. The number of carbonyl (C=O) groups excluding carboxylic acids is 2. The zero-order valence-corrected chi connectivity index (χ0v) is 19.0. The maximum Gasteiger partial charge on any atom is 0.261 e. The summed E-state index contributed by atoms with van der Waals surface area (Å²) >= 11 is 1.41. The summed E-state index contributed by atoms with van der Waals surface area (Å²) < 4.78 is 11.3. The van der Waals surface area contributed by atoms with Gasteiger partial charge in [-0.25, -0.2) is 0 Å². The molecule has 0 spiro atoms. The van der Waals surface area contributed by atoms with Gasteiger partial charge in [-0.3, -0.25) is 14.5 Å². The average Bonchev–Trinajstić information content (AvgIpc) is 3.23. The third-order valence-electron chi connectivity index (χ3n) is 5.29. The Kier molecular flexibility index (Phi) is 8.87. The van der Waals surface area contributed by atoms with Crippen LogP contribution in [0, 0.1) is 6.92 Å². The number of aryl methyl sites for hydroxylation is 1.